The van der Waals surface area contributed by atoms with Crippen LogP contribution in [-0.4, -0.2) is 32.4 Å². The molecule has 0 aliphatic heterocycles. The molecule has 0 aromatic carbocycles. The van der Waals surface area contributed by atoms with Gasteiger partial charge >= 0.3 is 0 Å². The third-order valence-electron chi connectivity index (χ3n) is 5.43. The van der Waals surface area contributed by atoms with Crippen LogP contribution in [0.3, 0.4) is 0 Å². The Morgan fingerprint density at radius 3 is 2.06 bits per heavy atom. The van der Waals surface area contributed by atoms with Crippen LogP contribution in [0.15, 0.2) is 0 Å². The lowest BCUT2D eigenvalue weighted by Gasteiger charge is -2.48. The average Bonchev–Trinajstić information content (AvgIpc) is 2.69. The summed E-state index contributed by atoms with van der Waals surface area (Å²) in [6.07, 6.45) is 3.57. The monoisotopic (exact) mass is 260 g/mol. The first-order chi connectivity index (χ1) is 7.61. The molecule has 5 heteroatoms. The van der Waals surface area contributed by atoms with Gasteiger partial charge in [0, 0.05) is 19.6 Å². The molecule has 17 heavy (non-hydrogen) atoms. The molecule has 0 saturated heterocycles. The van der Waals surface area contributed by atoms with Crippen molar-refractivity contribution in [2.45, 2.75) is 45.6 Å². The molecule has 2 fully saturated rings. The van der Waals surface area contributed by atoms with Crippen molar-refractivity contribution in [3.63, 3.8) is 0 Å². The summed E-state index contributed by atoms with van der Waals surface area (Å²) in [5.74, 6) is 1.14. The van der Waals surface area contributed by atoms with E-state index in [0.717, 1.165) is 6.42 Å². The van der Waals surface area contributed by atoms with E-state index in [-0.39, 0.29) is 11.0 Å². The first-order valence-electron chi connectivity index (χ1n) is 6.32. The Balaban J connectivity index is 2.31. The van der Waals surface area contributed by atoms with Crippen molar-refractivity contribution in [3.05, 3.63) is 0 Å². The second-order valence-corrected chi connectivity index (χ2v) is 8.40. The molecule has 0 amide bonds. The van der Waals surface area contributed by atoms with E-state index in [1.54, 1.807) is 14.1 Å². The van der Waals surface area contributed by atoms with Gasteiger partial charge in [-0.05, 0) is 43.4 Å². The zero-order valence-electron chi connectivity index (χ0n) is 11.4. The van der Waals surface area contributed by atoms with Crippen LogP contribution in [0.2, 0.25) is 0 Å². The quantitative estimate of drug-likeness (QED) is 0.838. The van der Waals surface area contributed by atoms with E-state index in [4.69, 9.17) is 0 Å². The molecule has 0 spiro atoms. The van der Waals surface area contributed by atoms with E-state index in [1.165, 1.54) is 17.1 Å². The van der Waals surface area contributed by atoms with Crippen LogP contribution < -0.4 is 4.72 Å². The van der Waals surface area contributed by atoms with Gasteiger partial charge in [0.15, 0.2) is 0 Å². The van der Waals surface area contributed by atoms with Crippen LogP contribution in [0.25, 0.3) is 0 Å². The molecule has 100 valence electrons. The minimum absolute atomic E-state index is 0.0407. The van der Waals surface area contributed by atoms with Gasteiger partial charge in [0.2, 0.25) is 0 Å². The summed E-state index contributed by atoms with van der Waals surface area (Å²) in [6, 6.07) is 0. The molecule has 2 aliphatic carbocycles. The van der Waals surface area contributed by atoms with Gasteiger partial charge in [-0.3, -0.25) is 0 Å². The van der Waals surface area contributed by atoms with Crippen molar-refractivity contribution in [1.29, 1.82) is 0 Å². The van der Waals surface area contributed by atoms with Gasteiger partial charge in [0.1, 0.15) is 0 Å². The van der Waals surface area contributed by atoms with Crippen molar-refractivity contribution < 1.29 is 8.42 Å². The number of nitrogens with one attached hydrogen (secondary N) is 1. The van der Waals surface area contributed by atoms with E-state index in [9.17, 15) is 8.42 Å². The number of hydrogen-bond donors (Lipinski definition) is 1. The third-order valence-corrected chi connectivity index (χ3v) is 7.07. The summed E-state index contributed by atoms with van der Waals surface area (Å²) in [4.78, 5) is 0. The minimum Gasteiger partial charge on any atom is -0.195 e. The van der Waals surface area contributed by atoms with Gasteiger partial charge in [-0.25, -0.2) is 0 Å². The lowest BCUT2D eigenvalue weighted by molar-refractivity contribution is 0.0853. The first kappa shape index (κ1) is 13.3. The van der Waals surface area contributed by atoms with Crippen molar-refractivity contribution in [1.82, 2.24) is 9.03 Å². The SMILES string of the molecule is CN(C)S(=O)(=O)NC1(C)C2CCC(C2)C1(C)C. The molecule has 0 aromatic heterocycles. The fourth-order valence-electron chi connectivity index (χ4n) is 3.69. The summed E-state index contributed by atoms with van der Waals surface area (Å²) >= 11 is 0. The van der Waals surface area contributed by atoms with Gasteiger partial charge < -0.3 is 0 Å². The Kier molecular flexibility index (Phi) is 2.88. The predicted octanol–water partition coefficient (Wildman–Crippen LogP) is 1.60. The largest absolute Gasteiger partial charge is 0.279 e. The molecule has 0 radical (unpaired) electrons. The standard InChI is InChI=1S/C12H24N2O2S/c1-11(2)9-6-7-10(8-9)12(11,3)13-17(15,16)14(4)5/h9-10,13H,6-8H2,1-5H3. The molecular formula is C12H24N2O2S. The highest BCUT2D eigenvalue weighted by Crippen LogP contribution is 2.61. The highest BCUT2D eigenvalue weighted by Gasteiger charge is 2.61. The summed E-state index contributed by atoms with van der Waals surface area (Å²) in [5.41, 5.74) is -0.266. The average molecular weight is 260 g/mol. The first-order valence-corrected chi connectivity index (χ1v) is 7.76. The maximum Gasteiger partial charge on any atom is 0.279 e. The Morgan fingerprint density at radius 1 is 1.12 bits per heavy atom. The molecule has 1 N–H and O–H groups in total. The second-order valence-electron chi connectivity index (χ2n) is 6.52. The van der Waals surface area contributed by atoms with Crippen molar-refractivity contribution in [2.75, 3.05) is 14.1 Å². The summed E-state index contributed by atoms with van der Waals surface area (Å²) in [6.45, 7) is 6.49. The molecular weight excluding hydrogens is 236 g/mol. The highest BCUT2D eigenvalue weighted by atomic mass is 32.2. The maximum atomic E-state index is 12.1. The second kappa shape index (κ2) is 3.68. The fourth-order valence-corrected chi connectivity index (χ4v) is 4.83. The zero-order chi connectivity index (χ0) is 13.1. The molecule has 2 bridgehead atoms. The highest BCUT2D eigenvalue weighted by molar-refractivity contribution is 7.87. The number of hydrogen-bond acceptors (Lipinski definition) is 2. The van der Waals surface area contributed by atoms with E-state index in [1.807, 2.05) is 0 Å². The Labute approximate surface area is 105 Å². The Morgan fingerprint density at radius 2 is 1.65 bits per heavy atom. The van der Waals surface area contributed by atoms with Crippen LogP contribution >= 0.6 is 0 Å². The summed E-state index contributed by atoms with van der Waals surface area (Å²) in [7, 11) is -0.200. The van der Waals surface area contributed by atoms with Gasteiger partial charge in [0.25, 0.3) is 10.2 Å². The van der Waals surface area contributed by atoms with Gasteiger partial charge in [0.05, 0.1) is 0 Å². The summed E-state index contributed by atoms with van der Waals surface area (Å²) in [5, 5.41) is 0. The normalized spacial score (nSPS) is 40.1. The lowest BCUT2D eigenvalue weighted by atomic mass is 9.65. The topological polar surface area (TPSA) is 49.4 Å². The molecule has 3 unspecified atom stereocenters. The van der Waals surface area contributed by atoms with Crippen LogP contribution in [0, 0.1) is 17.3 Å². The molecule has 2 saturated carbocycles. The fraction of sp³-hybridized carbons (Fsp3) is 1.00. The number of nitrogens with zero attached hydrogens (tertiary/aromatic N) is 1. The van der Waals surface area contributed by atoms with Crippen molar-refractivity contribution in [2.24, 2.45) is 17.3 Å². The lowest BCUT2D eigenvalue weighted by Crippen LogP contribution is -2.60. The van der Waals surface area contributed by atoms with Crippen LogP contribution in [-0.2, 0) is 10.2 Å². The molecule has 2 rings (SSSR count). The van der Waals surface area contributed by atoms with E-state index < -0.39 is 10.2 Å². The van der Waals surface area contributed by atoms with Crippen LogP contribution in [0.1, 0.15) is 40.0 Å². The van der Waals surface area contributed by atoms with E-state index in [0.29, 0.717) is 11.8 Å². The molecule has 4 nitrogen and oxygen atoms in total. The van der Waals surface area contributed by atoms with E-state index in [2.05, 4.69) is 25.5 Å². The van der Waals surface area contributed by atoms with E-state index >= 15 is 0 Å². The van der Waals surface area contributed by atoms with Gasteiger partial charge in [-0.1, -0.05) is 13.8 Å². The number of fused-ring (bicyclic) bond motifs is 2. The van der Waals surface area contributed by atoms with Crippen molar-refractivity contribution in [3.8, 4) is 0 Å². The molecule has 0 heterocycles. The van der Waals surface area contributed by atoms with Crippen molar-refractivity contribution >= 4 is 10.2 Å². The van der Waals surface area contributed by atoms with Crippen LogP contribution in [0.4, 0.5) is 0 Å². The zero-order valence-corrected chi connectivity index (χ0v) is 12.3. The maximum absolute atomic E-state index is 12.1. The Hall–Kier alpha value is -0.130. The molecule has 3 atom stereocenters. The number of rotatable bonds is 3. The summed E-state index contributed by atoms with van der Waals surface area (Å²) < 4.78 is 28.4. The predicted molar refractivity (Wildman–Crippen MR) is 68.8 cm³/mol. The Bertz CT molecular complexity index is 416. The minimum atomic E-state index is -3.35. The van der Waals surface area contributed by atoms with Gasteiger partial charge in [-0.2, -0.15) is 17.4 Å². The van der Waals surface area contributed by atoms with Gasteiger partial charge in [-0.15, -0.1) is 0 Å². The third kappa shape index (κ3) is 1.74. The molecule has 0 aromatic rings. The van der Waals surface area contributed by atoms with Crippen LogP contribution in [0.5, 0.6) is 0 Å². The molecule has 2 aliphatic rings. The smallest absolute Gasteiger partial charge is 0.195 e.